The number of hydrogen-bond acceptors (Lipinski definition) is 2. The number of carbonyl (C=O) groups excluding carboxylic acids is 1. The Kier molecular flexibility index (Phi) is 7.22. The Bertz CT molecular complexity index is 206. The van der Waals surface area contributed by atoms with Crippen molar-refractivity contribution in [1.82, 2.24) is 0 Å². The third-order valence-corrected chi connectivity index (χ3v) is 2.92. The summed E-state index contributed by atoms with van der Waals surface area (Å²) in [5.41, 5.74) is -0.391. The minimum absolute atomic E-state index is 0.118. The van der Waals surface area contributed by atoms with Crippen LogP contribution in [0, 0.1) is 5.41 Å². The van der Waals surface area contributed by atoms with Crippen molar-refractivity contribution in [2.24, 2.45) is 5.41 Å². The van der Waals surface area contributed by atoms with E-state index in [1.807, 2.05) is 26.8 Å². The molecule has 0 N–H and O–H groups in total. The van der Waals surface area contributed by atoms with Crippen LogP contribution in [-0.4, -0.2) is 16.5 Å². The molecule has 0 saturated heterocycles. The first-order valence-electron chi connectivity index (χ1n) is 5.30. The summed E-state index contributed by atoms with van der Waals surface area (Å²) in [6.07, 6.45) is 5.14. The number of allylic oxidation sites excluding steroid dienone is 1. The van der Waals surface area contributed by atoms with Gasteiger partial charge < -0.3 is 4.74 Å². The molecule has 1 unspecified atom stereocenters. The number of halogens is 1. The number of ether oxygens (including phenoxy) is 1. The Labute approximate surface area is 107 Å². The Morgan fingerprint density at radius 3 is 2.60 bits per heavy atom. The summed E-state index contributed by atoms with van der Waals surface area (Å²) in [6, 6.07) is 0. The van der Waals surface area contributed by atoms with Gasteiger partial charge in [0.1, 0.15) is 6.61 Å². The first kappa shape index (κ1) is 14.9. The van der Waals surface area contributed by atoms with E-state index in [1.165, 1.54) is 0 Å². The number of esters is 1. The second kappa shape index (κ2) is 7.25. The van der Waals surface area contributed by atoms with Gasteiger partial charge in [-0.3, -0.25) is 4.79 Å². The van der Waals surface area contributed by atoms with E-state index in [1.54, 1.807) is 0 Å². The van der Waals surface area contributed by atoms with Crippen molar-refractivity contribution in [2.45, 2.75) is 44.0 Å². The highest BCUT2D eigenvalue weighted by atomic mass is 127. The van der Waals surface area contributed by atoms with Gasteiger partial charge in [-0.1, -0.05) is 28.7 Å². The molecule has 0 spiro atoms. The summed E-state index contributed by atoms with van der Waals surface area (Å²) in [7, 11) is 0. The molecule has 0 fully saturated rings. The van der Waals surface area contributed by atoms with Gasteiger partial charge in [0.2, 0.25) is 0 Å². The molecule has 0 radical (unpaired) electrons. The second-order valence-electron chi connectivity index (χ2n) is 4.67. The Morgan fingerprint density at radius 1 is 1.53 bits per heavy atom. The Morgan fingerprint density at radius 2 is 2.13 bits per heavy atom. The molecule has 0 aromatic rings. The van der Waals surface area contributed by atoms with Gasteiger partial charge in [0.15, 0.2) is 0 Å². The van der Waals surface area contributed by atoms with Gasteiger partial charge in [0.05, 0.1) is 5.41 Å². The fourth-order valence-electron chi connectivity index (χ4n) is 0.950. The van der Waals surface area contributed by atoms with Crippen LogP contribution in [0.15, 0.2) is 12.7 Å². The average molecular weight is 324 g/mol. The van der Waals surface area contributed by atoms with E-state index < -0.39 is 5.41 Å². The minimum atomic E-state index is -0.391. The van der Waals surface area contributed by atoms with E-state index in [4.69, 9.17) is 4.74 Å². The zero-order valence-corrected chi connectivity index (χ0v) is 12.0. The number of rotatable bonds is 6. The van der Waals surface area contributed by atoms with Crippen LogP contribution >= 0.6 is 22.6 Å². The van der Waals surface area contributed by atoms with Crippen molar-refractivity contribution in [3.63, 3.8) is 0 Å². The maximum Gasteiger partial charge on any atom is 0.311 e. The first-order valence-corrected chi connectivity index (χ1v) is 6.54. The van der Waals surface area contributed by atoms with Crippen LogP contribution in [0.5, 0.6) is 0 Å². The molecule has 0 amide bonds. The third-order valence-electron chi connectivity index (χ3n) is 1.93. The number of hydrogen-bond donors (Lipinski definition) is 0. The van der Waals surface area contributed by atoms with Crippen LogP contribution < -0.4 is 0 Å². The summed E-state index contributed by atoms with van der Waals surface area (Å²) in [4.78, 5) is 11.5. The maximum atomic E-state index is 11.5. The fourth-order valence-corrected chi connectivity index (χ4v) is 1.57. The highest BCUT2D eigenvalue weighted by Crippen LogP contribution is 2.17. The predicted molar refractivity (Wildman–Crippen MR) is 72.3 cm³/mol. The standard InChI is InChI=1S/C12H21IO2/c1-5-6-7-8-10(13)9-15-11(14)12(2,3)4/h5,10H,1,6-9H2,2-4H3. The molecular formula is C12H21IO2. The zero-order chi connectivity index (χ0) is 11.9. The van der Waals surface area contributed by atoms with Gasteiger partial charge in [-0.2, -0.15) is 0 Å². The number of carbonyl (C=O) groups is 1. The lowest BCUT2D eigenvalue weighted by Crippen LogP contribution is -2.25. The molecule has 0 aromatic heterocycles. The summed E-state index contributed by atoms with van der Waals surface area (Å²) in [5.74, 6) is -0.118. The Hall–Kier alpha value is -0.0600. The SMILES string of the molecule is C=CCCCC(I)COC(=O)C(C)(C)C. The number of unbranched alkanes of at least 4 members (excludes halogenated alkanes) is 1. The van der Waals surface area contributed by atoms with Crippen LogP contribution in [0.1, 0.15) is 40.0 Å². The maximum absolute atomic E-state index is 11.5. The quantitative estimate of drug-likeness (QED) is 0.245. The lowest BCUT2D eigenvalue weighted by atomic mass is 9.97. The van der Waals surface area contributed by atoms with Crippen LogP contribution in [0.4, 0.5) is 0 Å². The molecule has 1 atom stereocenters. The van der Waals surface area contributed by atoms with E-state index in [0.717, 1.165) is 19.3 Å². The van der Waals surface area contributed by atoms with Crippen LogP contribution in [0.25, 0.3) is 0 Å². The van der Waals surface area contributed by atoms with Crippen molar-refractivity contribution in [3.8, 4) is 0 Å². The molecule has 0 aliphatic rings. The molecule has 88 valence electrons. The fraction of sp³-hybridized carbons (Fsp3) is 0.750. The van der Waals surface area contributed by atoms with Crippen LogP contribution in [0.2, 0.25) is 0 Å². The Balaban J connectivity index is 3.66. The summed E-state index contributed by atoms with van der Waals surface area (Å²) >= 11 is 2.33. The molecule has 0 aromatic carbocycles. The van der Waals surface area contributed by atoms with Crippen molar-refractivity contribution >= 4 is 28.6 Å². The van der Waals surface area contributed by atoms with E-state index in [9.17, 15) is 4.79 Å². The van der Waals surface area contributed by atoms with Gasteiger partial charge in [0, 0.05) is 3.92 Å². The predicted octanol–water partition coefficient (Wildman–Crippen LogP) is 3.74. The normalized spacial score (nSPS) is 13.3. The van der Waals surface area contributed by atoms with E-state index >= 15 is 0 Å². The minimum Gasteiger partial charge on any atom is -0.464 e. The van der Waals surface area contributed by atoms with Crippen molar-refractivity contribution in [1.29, 1.82) is 0 Å². The molecular weight excluding hydrogens is 303 g/mol. The molecule has 0 rings (SSSR count). The molecule has 0 saturated carbocycles. The summed E-state index contributed by atoms with van der Waals surface area (Å²) < 4.78 is 5.64. The van der Waals surface area contributed by atoms with Crippen LogP contribution in [0.3, 0.4) is 0 Å². The lowest BCUT2D eigenvalue weighted by Gasteiger charge is -2.18. The molecule has 3 heteroatoms. The van der Waals surface area contributed by atoms with Crippen LogP contribution in [-0.2, 0) is 9.53 Å². The zero-order valence-electron chi connectivity index (χ0n) is 9.88. The van der Waals surface area contributed by atoms with Gasteiger partial charge in [0.25, 0.3) is 0 Å². The van der Waals surface area contributed by atoms with Gasteiger partial charge in [-0.25, -0.2) is 0 Å². The van der Waals surface area contributed by atoms with Crippen molar-refractivity contribution in [3.05, 3.63) is 12.7 Å². The number of alkyl halides is 1. The van der Waals surface area contributed by atoms with Gasteiger partial charge in [-0.15, -0.1) is 6.58 Å². The first-order chi connectivity index (χ1) is 6.88. The molecule has 0 aliphatic heterocycles. The molecule has 15 heavy (non-hydrogen) atoms. The molecule has 0 heterocycles. The average Bonchev–Trinajstić information content (AvgIpc) is 2.13. The summed E-state index contributed by atoms with van der Waals surface area (Å²) in [6.45, 7) is 9.81. The smallest absolute Gasteiger partial charge is 0.311 e. The largest absolute Gasteiger partial charge is 0.464 e. The lowest BCUT2D eigenvalue weighted by molar-refractivity contribution is -0.152. The third kappa shape index (κ3) is 7.82. The molecule has 2 nitrogen and oxygen atoms in total. The van der Waals surface area contributed by atoms with E-state index in [0.29, 0.717) is 10.5 Å². The van der Waals surface area contributed by atoms with Crippen molar-refractivity contribution < 1.29 is 9.53 Å². The monoisotopic (exact) mass is 324 g/mol. The summed E-state index contributed by atoms with van der Waals surface area (Å²) in [5, 5.41) is 0. The molecule has 0 bridgehead atoms. The highest BCUT2D eigenvalue weighted by molar-refractivity contribution is 14.1. The van der Waals surface area contributed by atoms with E-state index in [-0.39, 0.29) is 5.97 Å². The van der Waals surface area contributed by atoms with Gasteiger partial charge >= 0.3 is 5.97 Å². The topological polar surface area (TPSA) is 26.3 Å². The van der Waals surface area contributed by atoms with E-state index in [2.05, 4.69) is 29.2 Å². The second-order valence-corrected chi connectivity index (χ2v) is 6.43. The highest BCUT2D eigenvalue weighted by Gasteiger charge is 2.23. The van der Waals surface area contributed by atoms with Gasteiger partial charge in [-0.05, 0) is 40.0 Å². The van der Waals surface area contributed by atoms with Crippen molar-refractivity contribution in [2.75, 3.05) is 6.61 Å². The molecule has 0 aliphatic carbocycles.